The minimum absolute atomic E-state index is 0.0341. The summed E-state index contributed by atoms with van der Waals surface area (Å²) in [5.74, 6) is 0.779. The fourth-order valence-electron chi connectivity index (χ4n) is 0.942. The third kappa shape index (κ3) is 1.26. The topological polar surface area (TPSA) is 25.4 Å². The summed E-state index contributed by atoms with van der Waals surface area (Å²) in [6, 6.07) is 3.98. The molecule has 2 rings (SSSR count). The van der Waals surface area contributed by atoms with E-state index in [0.717, 1.165) is 16.2 Å². The Morgan fingerprint density at radius 3 is 3.45 bits per heavy atom. The van der Waals surface area contributed by atoms with Crippen LogP contribution in [0.5, 0.6) is 5.88 Å². The van der Waals surface area contributed by atoms with Gasteiger partial charge in [0.2, 0.25) is 0 Å². The number of alkyl halides is 1. The SMILES string of the molecule is CN1[I-]COc2ncccc21. The molecule has 60 valence electrons. The molecule has 1 aliphatic heterocycles. The Kier molecular flexibility index (Phi) is 1.85. The molecule has 0 saturated carbocycles. The van der Waals surface area contributed by atoms with E-state index >= 15 is 0 Å². The van der Waals surface area contributed by atoms with Crippen molar-refractivity contribution < 1.29 is 26.2 Å². The predicted molar refractivity (Wildman–Crippen MR) is 38.1 cm³/mol. The predicted octanol–water partition coefficient (Wildman–Crippen LogP) is -2.13. The van der Waals surface area contributed by atoms with Crippen LogP contribution in [0.1, 0.15) is 0 Å². The molecule has 0 spiro atoms. The van der Waals surface area contributed by atoms with Gasteiger partial charge in [-0.25, -0.2) is 0 Å². The number of pyridine rings is 1. The van der Waals surface area contributed by atoms with Crippen LogP contribution in [0, 0.1) is 0 Å². The number of nitrogens with zero attached hydrogens (tertiary/aromatic N) is 2. The molecular weight excluding hydrogens is 255 g/mol. The summed E-state index contributed by atoms with van der Waals surface area (Å²) in [6.07, 6.45) is 1.76. The van der Waals surface area contributed by atoms with Crippen LogP contribution in [0.3, 0.4) is 0 Å². The van der Waals surface area contributed by atoms with E-state index in [0.29, 0.717) is 0 Å². The molecule has 1 aromatic heterocycles. The van der Waals surface area contributed by atoms with Crippen molar-refractivity contribution in [2.45, 2.75) is 0 Å². The zero-order valence-corrected chi connectivity index (χ0v) is 8.28. The molecule has 0 amide bonds. The third-order valence-corrected chi connectivity index (χ3v) is 3.64. The normalized spacial score (nSPS) is 16.3. The summed E-state index contributed by atoms with van der Waals surface area (Å²) in [7, 11) is 2.09. The van der Waals surface area contributed by atoms with Crippen LogP contribution in [0.25, 0.3) is 0 Å². The van der Waals surface area contributed by atoms with Gasteiger partial charge >= 0.3 is 75.9 Å². The van der Waals surface area contributed by atoms with E-state index in [-0.39, 0.29) is 21.5 Å². The standard InChI is InChI=1S/C7H8IN2O/c1-10-6-3-2-4-9-7(6)11-5-8-10/h2-4H,5H2,1H3/q-1. The summed E-state index contributed by atoms with van der Waals surface area (Å²) in [5.41, 5.74) is 1.13. The number of hydrogen-bond acceptors (Lipinski definition) is 3. The Balaban J connectivity index is 2.44. The quantitative estimate of drug-likeness (QED) is 0.304. The summed E-state index contributed by atoms with van der Waals surface area (Å²) in [5, 5.41) is 0. The van der Waals surface area contributed by atoms with Gasteiger partial charge in [-0.15, -0.1) is 0 Å². The first-order valence-corrected chi connectivity index (χ1v) is 5.78. The average molecular weight is 263 g/mol. The van der Waals surface area contributed by atoms with E-state index in [2.05, 4.69) is 15.1 Å². The van der Waals surface area contributed by atoms with Gasteiger partial charge in [0.05, 0.1) is 0 Å². The summed E-state index contributed by atoms with van der Waals surface area (Å²) >= 11 is 0.0341. The van der Waals surface area contributed by atoms with E-state index in [1.165, 1.54) is 0 Å². The van der Waals surface area contributed by atoms with Crippen molar-refractivity contribution in [2.75, 3.05) is 14.8 Å². The molecule has 0 unspecified atom stereocenters. The van der Waals surface area contributed by atoms with Crippen LogP contribution in [-0.2, 0) is 0 Å². The Hall–Kier alpha value is -0.520. The van der Waals surface area contributed by atoms with Gasteiger partial charge in [-0.05, 0) is 0 Å². The first-order chi connectivity index (χ1) is 5.38. The second-order valence-corrected chi connectivity index (χ2v) is 4.93. The van der Waals surface area contributed by atoms with Gasteiger partial charge in [-0.1, -0.05) is 0 Å². The average Bonchev–Trinajstić information content (AvgIpc) is 2.06. The molecule has 0 aliphatic carbocycles. The Labute approximate surface area is 76.0 Å². The summed E-state index contributed by atoms with van der Waals surface area (Å²) in [4.78, 5) is 4.12. The second kappa shape index (κ2) is 2.84. The van der Waals surface area contributed by atoms with Gasteiger partial charge < -0.3 is 0 Å². The number of hydrogen-bond donors (Lipinski definition) is 0. The van der Waals surface area contributed by atoms with Crippen molar-refractivity contribution in [2.24, 2.45) is 0 Å². The molecule has 0 aromatic carbocycles. The number of rotatable bonds is 0. The molecular formula is C7H8IN2O-. The second-order valence-electron chi connectivity index (χ2n) is 2.18. The van der Waals surface area contributed by atoms with Gasteiger partial charge in [0, 0.05) is 0 Å². The van der Waals surface area contributed by atoms with E-state index in [1.807, 2.05) is 12.1 Å². The molecule has 0 N–H and O–H groups in total. The summed E-state index contributed by atoms with van der Waals surface area (Å²) in [6.45, 7) is 0. The van der Waals surface area contributed by atoms with Crippen LogP contribution < -0.4 is 29.3 Å². The Bertz CT molecular complexity index is 266. The van der Waals surface area contributed by atoms with E-state index in [4.69, 9.17) is 4.74 Å². The first-order valence-electron chi connectivity index (χ1n) is 3.29. The molecule has 1 aliphatic rings. The minimum atomic E-state index is 0.0341. The Morgan fingerprint density at radius 1 is 1.73 bits per heavy atom. The Morgan fingerprint density at radius 2 is 2.64 bits per heavy atom. The molecule has 1 aromatic rings. The molecule has 4 heteroatoms. The van der Waals surface area contributed by atoms with Gasteiger partial charge in [0.15, 0.2) is 0 Å². The van der Waals surface area contributed by atoms with Crippen molar-refractivity contribution in [1.29, 1.82) is 0 Å². The van der Waals surface area contributed by atoms with Crippen LogP contribution >= 0.6 is 0 Å². The maximum atomic E-state index is 5.39. The van der Waals surface area contributed by atoms with Crippen molar-refractivity contribution in [1.82, 2.24) is 4.98 Å². The monoisotopic (exact) mass is 263 g/mol. The fourth-order valence-corrected chi connectivity index (χ4v) is 2.53. The van der Waals surface area contributed by atoms with Crippen molar-refractivity contribution in [3.05, 3.63) is 18.3 Å². The maximum absolute atomic E-state index is 5.39. The molecule has 0 fully saturated rings. The van der Waals surface area contributed by atoms with E-state index < -0.39 is 0 Å². The van der Waals surface area contributed by atoms with Gasteiger partial charge in [-0.3, -0.25) is 0 Å². The van der Waals surface area contributed by atoms with Gasteiger partial charge in [0.1, 0.15) is 0 Å². The third-order valence-electron chi connectivity index (χ3n) is 1.50. The van der Waals surface area contributed by atoms with E-state index in [9.17, 15) is 0 Å². The first kappa shape index (κ1) is 7.15. The molecule has 11 heavy (non-hydrogen) atoms. The number of halogens is 1. The van der Waals surface area contributed by atoms with Gasteiger partial charge in [0.25, 0.3) is 0 Å². The number of fused-ring (bicyclic) bond motifs is 1. The molecule has 0 atom stereocenters. The van der Waals surface area contributed by atoms with Gasteiger partial charge in [-0.2, -0.15) is 0 Å². The van der Waals surface area contributed by atoms with Crippen LogP contribution in [-0.4, -0.2) is 16.6 Å². The van der Waals surface area contributed by atoms with E-state index in [1.54, 1.807) is 6.20 Å². The fraction of sp³-hybridized carbons (Fsp3) is 0.286. The van der Waals surface area contributed by atoms with Crippen LogP contribution in [0.4, 0.5) is 5.69 Å². The van der Waals surface area contributed by atoms with Crippen molar-refractivity contribution in [3.63, 3.8) is 0 Å². The zero-order valence-electron chi connectivity index (χ0n) is 6.12. The number of ether oxygens (including phenoxy) is 1. The van der Waals surface area contributed by atoms with Crippen LogP contribution in [0.2, 0.25) is 0 Å². The molecule has 0 bridgehead atoms. The van der Waals surface area contributed by atoms with Crippen molar-refractivity contribution in [3.8, 4) is 5.88 Å². The number of aromatic nitrogens is 1. The van der Waals surface area contributed by atoms with Crippen LogP contribution in [0.15, 0.2) is 18.3 Å². The summed E-state index contributed by atoms with van der Waals surface area (Å²) < 4.78 is 8.49. The zero-order chi connectivity index (χ0) is 7.68. The molecule has 0 radical (unpaired) electrons. The van der Waals surface area contributed by atoms with Crippen molar-refractivity contribution >= 4 is 5.69 Å². The molecule has 2 heterocycles. The number of anilines is 1. The molecule has 0 saturated heterocycles. The molecule has 3 nitrogen and oxygen atoms in total.